The van der Waals surface area contributed by atoms with Crippen molar-refractivity contribution in [1.29, 1.82) is 0 Å². The van der Waals surface area contributed by atoms with Crippen LogP contribution in [0, 0.1) is 0 Å². The van der Waals surface area contributed by atoms with Gasteiger partial charge in [0.25, 0.3) is 0 Å². The third kappa shape index (κ3) is 1.40. The maximum Gasteiger partial charge on any atom is 0.136 e. The zero-order chi connectivity index (χ0) is 10.1. The molecule has 0 radical (unpaired) electrons. The summed E-state index contributed by atoms with van der Waals surface area (Å²) in [5.74, 6) is 0.484. The molecule has 2 aromatic rings. The zero-order valence-electron chi connectivity index (χ0n) is 8.57. The number of hydrogen-bond acceptors (Lipinski definition) is 2. The molecule has 14 heavy (non-hydrogen) atoms. The van der Waals surface area contributed by atoms with E-state index in [1.165, 1.54) is 5.69 Å². The Balaban J connectivity index is 2.63. The monoisotopic (exact) mass is 189 g/mol. The molecule has 2 aromatic heterocycles. The second-order valence-electron chi connectivity index (χ2n) is 3.81. The second-order valence-corrected chi connectivity index (χ2v) is 3.81. The molecule has 3 nitrogen and oxygen atoms in total. The van der Waals surface area contributed by atoms with Gasteiger partial charge in [-0.25, -0.2) is 4.98 Å². The van der Waals surface area contributed by atoms with Gasteiger partial charge in [-0.05, 0) is 17.5 Å². The van der Waals surface area contributed by atoms with E-state index < -0.39 is 0 Å². The minimum atomic E-state index is 0.484. The number of rotatable bonds is 2. The second kappa shape index (κ2) is 3.42. The lowest BCUT2D eigenvalue weighted by atomic mass is 10.1. The Hall–Kier alpha value is -1.35. The molecule has 0 aliphatic heterocycles. The van der Waals surface area contributed by atoms with Crippen LogP contribution < -0.4 is 5.73 Å². The first-order chi connectivity index (χ1) is 6.72. The predicted octanol–water partition coefficient (Wildman–Crippen LogP) is 1.92. The smallest absolute Gasteiger partial charge is 0.136 e. The van der Waals surface area contributed by atoms with Gasteiger partial charge in [-0.2, -0.15) is 0 Å². The highest BCUT2D eigenvalue weighted by atomic mass is 15.0. The van der Waals surface area contributed by atoms with E-state index in [1.54, 1.807) is 0 Å². The highest BCUT2D eigenvalue weighted by molar-refractivity contribution is 5.42. The summed E-state index contributed by atoms with van der Waals surface area (Å²) in [5, 5.41) is 0. The van der Waals surface area contributed by atoms with Crippen LogP contribution in [-0.4, -0.2) is 9.38 Å². The summed E-state index contributed by atoms with van der Waals surface area (Å²) in [6.07, 6.45) is 4.00. The van der Waals surface area contributed by atoms with Gasteiger partial charge in [0, 0.05) is 24.6 Å². The van der Waals surface area contributed by atoms with Crippen LogP contribution in [0.5, 0.6) is 0 Å². The van der Waals surface area contributed by atoms with Crippen molar-refractivity contribution in [1.82, 2.24) is 9.38 Å². The molecule has 0 spiro atoms. The fraction of sp³-hybridized carbons (Fsp3) is 0.364. The molecular weight excluding hydrogens is 174 g/mol. The molecule has 0 aliphatic rings. The number of fused-ring (bicyclic) bond motifs is 1. The van der Waals surface area contributed by atoms with Crippen LogP contribution in [0.3, 0.4) is 0 Å². The van der Waals surface area contributed by atoms with Crippen LogP contribution in [0.1, 0.15) is 31.0 Å². The molecule has 0 atom stereocenters. The van der Waals surface area contributed by atoms with Crippen LogP contribution in [0.2, 0.25) is 0 Å². The molecule has 0 aromatic carbocycles. The SMILES string of the molecule is CC(C)c1cnc2ccc(CN)cn12. The molecule has 0 saturated heterocycles. The van der Waals surface area contributed by atoms with Crippen molar-refractivity contribution < 1.29 is 0 Å². The fourth-order valence-corrected chi connectivity index (χ4v) is 1.59. The normalized spacial score (nSPS) is 11.4. The Morgan fingerprint density at radius 3 is 2.86 bits per heavy atom. The van der Waals surface area contributed by atoms with Crippen molar-refractivity contribution in [2.75, 3.05) is 0 Å². The zero-order valence-corrected chi connectivity index (χ0v) is 8.57. The molecule has 0 unspecified atom stereocenters. The Labute approximate surface area is 83.6 Å². The van der Waals surface area contributed by atoms with Gasteiger partial charge in [0.15, 0.2) is 0 Å². The molecule has 0 bridgehead atoms. The molecular formula is C11H15N3. The lowest BCUT2D eigenvalue weighted by Gasteiger charge is -2.05. The average Bonchev–Trinajstić information content (AvgIpc) is 2.59. The van der Waals surface area contributed by atoms with Crippen LogP contribution >= 0.6 is 0 Å². The largest absolute Gasteiger partial charge is 0.326 e. The predicted molar refractivity (Wildman–Crippen MR) is 57.2 cm³/mol. The van der Waals surface area contributed by atoms with Crippen molar-refractivity contribution in [2.45, 2.75) is 26.3 Å². The number of hydrogen-bond donors (Lipinski definition) is 1. The van der Waals surface area contributed by atoms with Gasteiger partial charge in [0.1, 0.15) is 5.65 Å². The van der Waals surface area contributed by atoms with E-state index in [0.29, 0.717) is 12.5 Å². The number of nitrogens with zero attached hydrogens (tertiary/aromatic N) is 2. The highest BCUT2D eigenvalue weighted by Crippen LogP contribution is 2.16. The minimum absolute atomic E-state index is 0.484. The molecule has 0 amide bonds. The highest BCUT2D eigenvalue weighted by Gasteiger charge is 2.06. The van der Waals surface area contributed by atoms with E-state index in [-0.39, 0.29) is 0 Å². The van der Waals surface area contributed by atoms with Gasteiger partial charge in [0.05, 0.1) is 0 Å². The van der Waals surface area contributed by atoms with Crippen molar-refractivity contribution in [3.05, 3.63) is 35.8 Å². The van der Waals surface area contributed by atoms with Gasteiger partial charge in [-0.15, -0.1) is 0 Å². The van der Waals surface area contributed by atoms with Crippen molar-refractivity contribution in [2.24, 2.45) is 5.73 Å². The summed E-state index contributed by atoms with van der Waals surface area (Å²) in [5.41, 5.74) is 8.96. The molecule has 74 valence electrons. The van der Waals surface area contributed by atoms with E-state index in [1.807, 2.05) is 18.3 Å². The van der Waals surface area contributed by atoms with E-state index in [4.69, 9.17) is 5.73 Å². The van der Waals surface area contributed by atoms with E-state index in [9.17, 15) is 0 Å². The molecule has 2 N–H and O–H groups in total. The Morgan fingerprint density at radius 2 is 2.21 bits per heavy atom. The molecule has 0 saturated carbocycles. The third-order valence-electron chi connectivity index (χ3n) is 2.42. The Kier molecular flexibility index (Phi) is 2.25. The van der Waals surface area contributed by atoms with E-state index in [2.05, 4.69) is 29.4 Å². The number of nitrogens with two attached hydrogens (primary N) is 1. The van der Waals surface area contributed by atoms with Gasteiger partial charge in [-0.3, -0.25) is 0 Å². The number of imidazole rings is 1. The molecule has 0 fully saturated rings. The van der Waals surface area contributed by atoms with Crippen LogP contribution in [0.15, 0.2) is 24.5 Å². The third-order valence-corrected chi connectivity index (χ3v) is 2.42. The molecule has 0 aliphatic carbocycles. The Bertz CT molecular complexity index is 443. The van der Waals surface area contributed by atoms with Crippen LogP contribution in [0.4, 0.5) is 0 Å². The van der Waals surface area contributed by atoms with Gasteiger partial charge >= 0.3 is 0 Å². The maximum atomic E-state index is 5.60. The number of aromatic nitrogens is 2. The average molecular weight is 189 g/mol. The summed E-state index contributed by atoms with van der Waals surface area (Å²) in [6, 6.07) is 4.03. The quantitative estimate of drug-likeness (QED) is 0.784. The van der Waals surface area contributed by atoms with Gasteiger partial charge in [0.2, 0.25) is 0 Å². The van der Waals surface area contributed by atoms with Crippen molar-refractivity contribution >= 4 is 5.65 Å². The maximum absolute atomic E-state index is 5.60. The minimum Gasteiger partial charge on any atom is -0.326 e. The van der Waals surface area contributed by atoms with Crippen LogP contribution in [0.25, 0.3) is 5.65 Å². The van der Waals surface area contributed by atoms with Gasteiger partial charge in [-0.1, -0.05) is 19.9 Å². The summed E-state index contributed by atoms with van der Waals surface area (Å²) < 4.78 is 2.12. The van der Waals surface area contributed by atoms with Gasteiger partial charge < -0.3 is 10.1 Å². The first-order valence-electron chi connectivity index (χ1n) is 4.88. The molecule has 2 heterocycles. The number of pyridine rings is 1. The van der Waals surface area contributed by atoms with E-state index in [0.717, 1.165) is 11.2 Å². The summed E-state index contributed by atoms with van der Waals surface area (Å²) in [7, 11) is 0. The molecule has 2 rings (SSSR count). The molecule has 3 heteroatoms. The fourth-order valence-electron chi connectivity index (χ4n) is 1.59. The van der Waals surface area contributed by atoms with Crippen molar-refractivity contribution in [3.8, 4) is 0 Å². The van der Waals surface area contributed by atoms with Crippen molar-refractivity contribution in [3.63, 3.8) is 0 Å². The lowest BCUT2D eigenvalue weighted by molar-refractivity contribution is 0.805. The first kappa shape index (κ1) is 9.21. The van der Waals surface area contributed by atoms with E-state index >= 15 is 0 Å². The lowest BCUT2D eigenvalue weighted by Crippen LogP contribution is -2.00. The summed E-state index contributed by atoms with van der Waals surface area (Å²) >= 11 is 0. The summed E-state index contributed by atoms with van der Waals surface area (Å²) in [6.45, 7) is 4.91. The van der Waals surface area contributed by atoms with Crippen LogP contribution in [-0.2, 0) is 6.54 Å². The standard InChI is InChI=1S/C11H15N3/c1-8(2)10-6-13-11-4-3-9(5-12)7-14(10)11/h3-4,6-8H,5,12H2,1-2H3. The summed E-state index contributed by atoms with van der Waals surface area (Å²) in [4.78, 5) is 4.34. The topological polar surface area (TPSA) is 43.3 Å². The first-order valence-corrected chi connectivity index (χ1v) is 4.88. The Morgan fingerprint density at radius 1 is 1.43 bits per heavy atom.